The van der Waals surface area contributed by atoms with Gasteiger partial charge < -0.3 is 5.32 Å². The van der Waals surface area contributed by atoms with Gasteiger partial charge in [0.25, 0.3) is 0 Å². The minimum Gasteiger partial charge on any atom is -0.310 e. The maximum absolute atomic E-state index is 13.0. The van der Waals surface area contributed by atoms with E-state index in [1.807, 2.05) is 0 Å². The van der Waals surface area contributed by atoms with Gasteiger partial charge in [0, 0.05) is 6.04 Å². The second-order valence-corrected chi connectivity index (χ2v) is 3.89. The van der Waals surface area contributed by atoms with Gasteiger partial charge in [-0.25, -0.2) is 4.39 Å². The molecule has 1 aliphatic heterocycles. The van der Waals surface area contributed by atoms with E-state index in [2.05, 4.69) is 5.32 Å². The first-order valence-corrected chi connectivity index (χ1v) is 5.08. The minimum absolute atomic E-state index is 0.0818. The highest BCUT2D eigenvalue weighted by Gasteiger charge is 2.34. The van der Waals surface area contributed by atoms with Crippen molar-refractivity contribution in [2.75, 3.05) is 6.54 Å². The maximum atomic E-state index is 13.0. The van der Waals surface area contributed by atoms with Gasteiger partial charge in [0.2, 0.25) is 0 Å². The smallest absolute Gasteiger partial charge is 0.310 e. The Balaban J connectivity index is 2.35. The summed E-state index contributed by atoms with van der Waals surface area (Å²) in [5.74, 6) is -1.21. The molecule has 0 spiro atoms. The average molecular weight is 233 g/mol. The Hall–Kier alpha value is -1.10. The lowest BCUT2D eigenvalue weighted by atomic mass is 10.0. The fourth-order valence-electron chi connectivity index (χ4n) is 1.95. The average Bonchev–Trinajstić information content (AvgIpc) is 2.69. The highest BCUT2D eigenvalue weighted by atomic mass is 19.4. The summed E-state index contributed by atoms with van der Waals surface area (Å²) in [5.41, 5.74) is -0.676. The lowest BCUT2D eigenvalue weighted by molar-refractivity contribution is -0.140. The van der Waals surface area contributed by atoms with Gasteiger partial charge in [-0.1, -0.05) is 6.07 Å². The summed E-state index contributed by atoms with van der Waals surface area (Å²) < 4.78 is 50.4. The number of benzene rings is 1. The van der Waals surface area contributed by atoms with Crippen molar-refractivity contribution >= 4 is 0 Å². The van der Waals surface area contributed by atoms with Crippen LogP contribution in [-0.4, -0.2) is 6.54 Å². The number of hydrogen-bond donors (Lipinski definition) is 1. The van der Waals surface area contributed by atoms with Crippen LogP contribution in [0, 0.1) is 5.82 Å². The molecule has 2 rings (SSSR count). The number of rotatable bonds is 1. The van der Waals surface area contributed by atoms with Crippen molar-refractivity contribution in [1.29, 1.82) is 0 Å². The molecule has 5 heteroatoms. The lowest BCUT2D eigenvalue weighted by Crippen LogP contribution is -2.15. The molecule has 88 valence electrons. The Kier molecular flexibility index (Phi) is 2.88. The molecule has 0 bridgehead atoms. The molecule has 1 unspecified atom stereocenters. The zero-order chi connectivity index (χ0) is 11.8. The number of hydrogen-bond acceptors (Lipinski definition) is 1. The monoisotopic (exact) mass is 233 g/mol. The van der Waals surface area contributed by atoms with Crippen molar-refractivity contribution in [3.63, 3.8) is 0 Å². The molecule has 1 aromatic rings. The van der Waals surface area contributed by atoms with Gasteiger partial charge in [-0.05, 0) is 37.1 Å². The van der Waals surface area contributed by atoms with Gasteiger partial charge >= 0.3 is 6.18 Å². The molecule has 1 saturated heterocycles. The van der Waals surface area contributed by atoms with E-state index in [4.69, 9.17) is 0 Å². The van der Waals surface area contributed by atoms with E-state index in [0.29, 0.717) is 5.56 Å². The summed E-state index contributed by atoms with van der Waals surface area (Å²) >= 11 is 0. The molecule has 16 heavy (non-hydrogen) atoms. The normalized spacial score (nSPS) is 21.4. The summed E-state index contributed by atoms with van der Waals surface area (Å²) in [6.45, 7) is 0.795. The van der Waals surface area contributed by atoms with E-state index in [1.165, 1.54) is 6.07 Å². The molecule has 1 aromatic carbocycles. The van der Waals surface area contributed by atoms with Crippen molar-refractivity contribution in [1.82, 2.24) is 5.32 Å². The van der Waals surface area contributed by atoms with Crippen LogP contribution in [0.5, 0.6) is 0 Å². The summed E-state index contributed by atoms with van der Waals surface area (Å²) in [6, 6.07) is 3.12. The second kappa shape index (κ2) is 4.05. The predicted octanol–water partition coefficient (Wildman–Crippen LogP) is 3.27. The molecule has 1 aliphatic rings. The number of nitrogens with one attached hydrogen (secondary N) is 1. The van der Waals surface area contributed by atoms with E-state index >= 15 is 0 Å². The molecule has 0 saturated carbocycles. The topological polar surface area (TPSA) is 12.0 Å². The first-order chi connectivity index (χ1) is 7.48. The Labute approximate surface area is 90.5 Å². The van der Waals surface area contributed by atoms with Gasteiger partial charge in [-0.3, -0.25) is 0 Å². The first kappa shape index (κ1) is 11.4. The summed E-state index contributed by atoms with van der Waals surface area (Å²) in [4.78, 5) is 0. The Morgan fingerprint density at radius 3 is 2.56 bits per heavy atom. The molecule has 1 heterocycles. The van der Waals surface area contributed by atoms with E-state index in [-0.39, 0.29) is 6.04 Å². The van der Waals surface area contributed by atoms with Crippen LogP contribution in [-0.2, 0) is 6.18 Å². The van der Waals surface area contributed by atoms with Crippen LogP contribution in [0.15, 0.2) is 18.2 Å². The van der Waals surface area contributed by atoms with Crippen molar-refractivity contribution < 1.29 is 17.6 Å². The zero-order valence-corrected chi connectivity index (χ0v) is 8.44. The van der Waals surface area contributed by atoms with E-state index in [0.717, 1.165) is 31.5 Å². The Bertz CT molecular complexity index is 380. The quantitative estimate of drug-likeness (QED) is 0.734. The van der Waals surface area contributed by atoms with Crippen LogP contribution in [0.4, 0.5) is 17.6 Å². The molecular weight excluding hydrogens is 222 g/mol. The highest BCUT2D eigenvalue weighted by Crippen LogP contribution is 2.34. The predicted molar refractivity (Wildman–Crippen MR) is 51.4 cm³/mol. The summed E-state index contributed by atoms with van der Waals surface area (Å²) in [6.07, 6.45) is -2.90. The molecule has 0 amide bonds. The fraction of sp³-hybridized carbons (Fsp3) is 0.455. The van der Waals surface area contributed by atoms with Crippen molar-refractivity contribution in [3.05, 3.63) is 35.1 Å². The Morgan fingerprint density at radius 1 is 1.25 bits per heavy atom. The standard InChI is InChI=1S/C11H11F4N/c12-9-4-3-7(10-2-1-5-16-10)6-8(9)11(13,14)15/h3-4,6,10,16H,1-2,5H2. The number of halogens is 4. The van der Waals surface area contributed by atoms with Gasteiger partial charge in [-0.15, -0.1) is 0 Å². The van der Waals surface area contributed by atoms with Crippen LogP contribution in [0.2, 0.25) is 0 Å². The molecule has 0 aromatic heterocycles. The van der Waals surface area contributed by atoms with Crippen LogP contribution >= 0.6 is 0 Å². The second-order valence-electron chi connectivity index (χ2n) is 3.89. The summed E-state index contributed by atoms with van der Waals surface area (Å²) in [7, 11) is 0. The maximum Gasteiger partial charge on any atom is 0.419 e. The fourth-order valence-corrected chi connectivity index (χ4v) is 1.95. The van der Waals surface area contributed by atoms with E-state index in [9.17, 15) is 17.6 Å². The molecule has 0 radical (unpaired) electrons. The molecule has 1 nitrogen and oxygen atoms in total. The van der Waals surface area contributed by atoms with Gasteiger partial charge in [0.15, 0.2) is 0 Å². The molecule has 0 aliphatic carbocycles. The van der Waals surface area contributed by atoms with Crippen LogP contribution in [0.1, 0.15) is 30.0 Å². The van der Waals surface area contributed by atoms with Gasteiger partial charge in [-0.2, -0.15) is 13.2 Å². The van der Waals surface area contributed by atoms with E-state index in [1.54, 1.807) is 0 Å². The third kappa shape index (κ3) is 2.19. The Morgan fingerprint density at radius 2 is 2.00 bits per heavy atom. The minimum atomic E-state index is -4.63. The largest absolute Gasteiger partial charge is 0.419 e. The third-order valence-electron chi connectivity index (χ3n) is 2.76. The number of alkyl halides is 3. The van der Waals surface area contributed by atoms with Crippen LogP contribution in [0.25, 0.3) is 0 Å². The van der Waals surface area contributed by atoms with Crippen molar-refractivity contribution in [2.24, 2.45) is 0 Å². The van der Waals surface area contributed by atoms with Crippen molar-refractivity contribution in [2.45, 2.75) is 25.1 Å². The van der Waals surface area contributed by atoms with Crippen LogP contribution < -0.4 is 5.32 Å². The SMILES string of the molecule is Fc1ccc(C2CCCN2)cc1C(F)(F)F. The third-order valence-corrected chi connectivity index (χ3v) is 2.76. The van der Waals surface area contributed by atoms with Gasteiger partial charge in [0.05, 0.1) is 5.56 Å². The molecular formula is C11H11F4N. The van der Waals surface area contributed by atoms with E-state index < -0.39 is 17.6 Å². The zero-order valence-electron chi connectivity index (χ0n) is 8.44. The highest BCUT2D eigenvalue weighted by molar-refractivity contribution is 5.29. The molecule has 1 fully saturated rings. The lowest BCUT2D eigenvalue weighted by Gasteiger charge is -2.14. The molecule has 1 N–H and O–H groups in total. The van der Waals surface area contributed by atoms with Gasteiger partial charge in [0.1, 0.15) is 5.82 Å². The van der Waals surface area contributed by atoms with Crippen molar-refractivity contribution in [3.8, 4) is 0 Å². The summed E-state index contributed by atoms with van der Waals surface area (Å²) in [5, 5.41) is 3.08. The first-order valence-electron chi connectivity index (χ1n) is 5.08. The molecule has 1 atom stereocenters. The van der Waals surface area contributed by atoms with Crippen LogP contribution in [0.3, 0.4) is 0 Å².